The van der Waals surface area contributed by atoms with Gasteiger partial charge in [-0.25, -0.2) is 0 Å². The number of rotatable bonds is 4. The van der Waals surface area contributed by atoms with Crippen LogP contribution in [0.2, 0.25) is 0 Å². The van der Waals surface area contributed by atoms with Gasteiger partial charge in [0.05, 0.1) is 0 Å². The minimum absolute atomic E-state index is 0. The van der Waals surface area contributed by atoms with Crippen LogP contribution < -0.4 is 29.8 Å². The molecule has 0 spiro atoms. The number of halogens is 1. The molecule has 0 saturated heterocycles. The van der Waals surface area contributed by atoms with Crippen molar-refractivity contribution >= 4 is 31.0 Å². The molecule has 27 heavy (non-hydrogen) atoms. The van der Waals surface area contributed by atoms with Gasteiger partial charge < -0.3 is 17.9 Å². The van der Waals surface area contributed by atoms with Gasteiger partial charge in [0, 0.05) is 0 Å². The summed E-state index contributed by atoms with van der Waals surface area (Å²) in [4.78, 5) is 0. The van der Waals surface area contributed by atoms with Crippen molar-refractivity contribution in [3.05, 3.63) is 121 Å². The van der Waals surface area contributed by atoms with E-state index in [2.05, 4.69) is 121 Å². The molecule has 0 atom stereocenters. The first-order valence-corrected chi connectivity index (χ1v) is 12.3. The Morgan fingerprint density at radius 1 is 0.333 bits per heavy atom. The molecular weight excluding hydrogens is 415 g/mol. The molecule has 0 aliphatic rings. The molecule has 0 radical (unpaired) electrons. The van der Waals surface area contributed by atoms with Crippen LogP contribution in [0.3, 0.4) is 0 Å². The summed E-state index contributed by atoms with van der Waals surface area (Å²) < 4.78 is 5.79. The Kier molecular flexibility index (Phi) is 7.44. The van der Waals surface area contributed by atoms with E-state index in [4.69, 9.17) is 0 Å². The number of hydrogen-bond acceptors (Lipinski definition) is 0. The van der Waals surface area contributed by atoms with Gasteiger partial charge in [-0.15, -0.1) is 0 Å². The van der Waals surface area contributed by atoms with Crippen LogP contribution in [0.25, 0.3) is 0 Å². The summed E-state index contributed by atoms with van der Waals surface area (Å²) in [6.45, 7) is 0. The summed E-state index contributed by atoms with van der Waals surface area (Å²) >= 11 is -2.77. The molecule has 4 rings (SSSR count). The third-order valence-electron chi connectivity index (χ3n) is 4.57. The van der Waals surface area contributed by atoms with Crippen LogP contribution in [-0.4, -0.2) is 19.0 Å². The quantitative estimate of drug-likeness (QED) is 0.377. The molecule has 0 unspecified atom stereocenters. The van der Waals surface area contributed by atoms with Gasteiger partial charge in [0.15, 0.2) is 0 Å². The molecule has 0 bridgehead atoms. The summed E-state index contributed by atoms with van der Waals surface area (Å²) in [7, 11) is 0. The molecule has 0 aliphatic carbocycles. The van der Waals surface area contributed by atoms with Crippen LogP contribution in [0.15, 0.2) is 121 Å². The van der Waals surface area contributed by atoms with E-state index in [9.17, 15) is 0 Å². The predicted octanol–water partition coefficient (Wildman–Crippen LogP) is -0.757. The third-order valence-corrected chi connectivity index (χ3v) is 13.6. The van der Waals surface area contributed by atoms with Gasteiger partial charge in [-0.05, 0) is 0 Å². The number of hydrogen-bond donors (Lipinski definition) is 0. The molecule has 2 N–H and O–H groups in total. The monoisotopic (exact) mass is 436 g/mol. The van der Waals surface area contributed by atoms with Crippen molar-refractivity contribution in [3.8, 4) is 0 Å². The van der Waals surface area contributed by atoms with Crippen molar-refractivity contribution in [3.63, 3.8) is 0 Å². The summed E-state index contributed by atoms with van der Waals surface area (Å²) in [5.41, 5.74) is 0. The van der Waals surface area contributed by atoms with Crippen LogP contribution in [0.1, 0.15) is 0 Å². The molecule has 1 nitrogen and oxygen atoms in total. The van der Waals surface area contributed by atoms with Crippen molar-refractivity contribution in [2.24, 2.45) is 0 Å². The van der Waals surface area contributed by atoms with Crippen molar-refractivity contribution in [1.29, 1.82) is 0 Å². The topological polar surface area (TPSA) is 31.5 Å². The van der Waals surface area contributed by atoms with Crippen LogP contribution in [0.4, 0.5) is 0 Å². The molecule has 0 aliphatic heterocycles. The second-order valence-corrected chi connectivity index (χ2v) is 13.2. The Morgan fingerprint density at radius 2 is 0.519 bits per heavy atom. The molecule has 0 saturated carbocycles. The SMILES string of the molecule is O.[Cl-].c1ccc([As+](c2ccccc2)(c2ccccc2)c2ccccc2)cc1. The first-order chi connectivity index (χ1) is 12.4. The summed E-state index contributed by atoms with van der Waals surface area (Å²) in [5.74, 6) is 0. The zero-order chi connectivity index (χ0) is 17.0. The molecule has 3 heteroatoms. The molecule has 0 aromatic heterocycles. The first-order valence-electron chi connectivity index (χ1n) is 8.54. The van der Waals surface area contributed by atoms with Crippen LogP contribution in [0, 0.1) is 0 Å². The summed E-state index contributed by atoms with van der Waals surface area (Å²) in [6.07, 6.45) is 0. The van der Waals surface area contributed by atoms with E-state index < -0.39 is 13.6 Å². The van der Waals surface area contributed by atoms with E-state index in [1.807, 2.05) is 0 Å². The van der Waals surface area contributed by atoms with Crippen molar-refractivity contribution < 1.29 is 17.9 Å². The Bertz CT molecular complexity index is 765. The average molecular weight is 437 g/mol. The normalized spacial score (nSPS) is 10.4. The fourth-order valence-electron chi connectivity index (χ4n) is 3.50. The molecule has 136 valence electrons. The Labute approximate surface area is 169 Å². The minimum atomic E-state index is -2.77. The Hall–Kier alpha value is -2.31. The van der Waals surface area contributed by atoms with Gasteiger partial charge in [0.2, 0.25) is 0 Å². The van der Waals surface area contributed by atoms with Gasteiger partial charge in [0.25, 0.3) is 0 Å². The summed E-state index contributed by atoms with van der Waals surface area (Å²) in [5, 5.41) is 0. The molecule has 0 amide bonds. The second-order valence-electron chi connectivity index (χ2n) is 6.01. The van der Waals surface area contributed by atoms with Gasteiger partial charge in [-0.3, -0.25) is 0 Å². The van der Waals surface area contributed by atoms with Gasteiger partial charge in [-0.1, -0.05) is 0 Å². The maximum atomic E-state index is 2.31. The number of benzene rings is 4. The molecule has 0 fully saturated rings. The zero-order valence-corrected chi connectivity index (χ0v) is 17.5. The standard InChI is InChI=1S/C24H20As.ClH.H2O/c1-5-13-21(14-6-1)25(22-15-7-2-8-16-22,23-17-9-3-10-18-23)24-19-11-4-12-20-24;;/h1-20H;1H;1H2/q+1;;/p-1. The zero-order valence-electron chi connectivity index (χ0n) is 14.9. The third kappa shape index (κ3) is 3.87. The van der Waals surface area contributed by atoms with Crippen molar-refractivity contribution in [1.82, 2.24) is 0 Å². The van der Waals surface area contributed by atoms with Crippen molar-refractivity contribution in [2.75, 3.05) is 0 Å². The fourth-order valence-corrected chi connectivity index (χ4v) is 12.5. The average Bonchev–Trinajstić information content (AvgIpc) is 2.72. The van der Waals surface area contributed by atoms with E-state index in [-0.39, 0.29) is 17.9 Å². The fraction of sp³-hybridized carbons (Fsp3) is 0. The second kappa shape index (κ2) is 9.57. The van der Waals surface area contributed by atoms with Gasteiger partial charge in [-0.2, -0.15) is 0 Å². The summed E-state index contributed by atoms with van der Waals surface area (Å²) in [6, 6.07) is 44.2. The van der Waals surface area contributed by atoms with E-state index >= 15 is 0 Å². The van der Waals surface area contributed by atoms with E-state index in [0.29, 0.717) is 0 Å². The Morgan fingerprint density at radius 3 is 0.704 bits per heavy atom. The van der Waals surface area contributed by atoms with Crippen LogP contribution >= 0.6 is 0 Å². The molecule has 0 heterocycles. The van der Waals surface area contributed by atoms with Gasteiger partial charge in [0.1, 0.15) is 0 Å². The van der Waals surface area contributed by atoms with Crippen molar-refractivity contribution in [2.45, 2.75) is 0 Å². The van der Waals surface area contributed by atoms with Crippen LogP contribution in [-0.2, 0) is 0 Å². The van der Waals surface area contributed by atoms with E-state index in [1.54, 1.807) is 0 Å². The van der Waals surface area contributed by atoms with Gasteiger partial charge >= 0.3 is 152 Å². The van der Waals surface area contributed by atoms with Crippen LogP contribution in [0.5, 0.6) is 0 Å². The molecular formula is C24H22AsClO. The van der Waals surface area contributed by atoms with E-state index in [0.717, 1.165) is 0 Å². The first kappa shape index (κ1) is 21.0. The molecule has 4 aromatic rings. The van der Waals surface area contributed by atoms with E-state index in [1.165, 1.54) is 17.4 Å². The Balaban J connectivity index is 0.00000131. The maximum absolute atomic E-state index is 2.77. The molecule has 4 aromatic carbocycles. The predicted molar refractivity (Wildman–Crippen MR) is 114 cm³/mol.